The number of esters is 1. The summed E-state index contributed by atoms with van der Waals surface area (Å²) in [5.41, 5.74) is -1.22. The standard InChI is InChI=1S/C38H37N2O5PS/c1-27(41)39-38(29-17-9-5-10-18-29)35(43)40-33(34(42)45-37(2,3)4)28(26-47(44)36(38)40)25-46(30-19-11-6-12-20-30,31-21-13-7-14-22-31)32-23-15-8-16-24-32/h5-24,36H,25-26H2,1-4H3/p+1/t36-,38-,47?/m1/s1. The van der Waals surface area contributed by atoms with Gasteiger partial charge in [0.2, 0.25) is 5.91 Å². The normalized spacial score (nSPS) is 21.0. The van der Waals surface area contributed by atoms with Crippen LogP contribution in [-0.4, -0.2) is 49.8 Å². The molecule has 7 nitrogen and oxygen atoms in total. The first kappa shape index (κ1) is 32.5. The third kappa shape index (κ3) is 5.74. The molecule has 2 heterocycles. The Kier molecular flexibility index (Phi) is 8.77. The number of fused-ring (bicyclic) bond motifs is 1. The summed E-state index contributed by atoms with van der Waals surface area (Å²) in [7, 11) is -4.23. The number of β-lactam (4-membered cyclic amide) rings is 1. The molecule has 3 atom stereocenters. The topological polar surface area (TPSA) is 92.8 Å². The molecule has 0 aliphatic carbocycles. The van der Waals surface area contributed by atoms with Gasteiger partial charge in [-0.2, -0.15) is 0 Å². The minimum atomic E-state index is -2.54. The van der Waals surface area contributed by atoms with E-state index < -0.39 is 52.4 Å². The van der Waals surface area contributed by atoms with Crippen LogP contribution in [0, 0.1) is 0 Å². The highest BCUT2D eigenvalue weighted by Gasteiger charge is 2.69. The van der Waals surface area contributed by atoms with Crippen molar-refractivity contribution in [2.75, 3.05) is 11.9 Å². The summed E-state index contributed by atoms with van der Waals surface area (Å²) in [4.78, 5) is 42.8. The molecular weight excluding hydrogens is 627 g/mol. The van der Waals surface area contributed by atoms with Crippen molar-refractivity contribution in [2.24, 2.45) is 0 Å². The fourth-order valence-corrected chi connectivity index (χ4v) is 13.1. The van der Waals surface area contributed by atoms with E-state index in [1.54, 1.807) is 45.0 Å². The summed E-state index contributed by atoms with van der Waals surface area (Å²) in [6, 6.07) is 39.5. The lowest BCUT2D eigenvalue weighted by Crippen LogP contribution is -2.80. The zero-order chi connectivity index (χ0) is 33.4. The minimum absolute atomic E-state index is 0.0332. The summed E-state index contributed by atoms with van der Waals surface area (Å²) < 4.78 is 20.5. The van der Waals surface area contributed by atoms with Gasteiger partial charge in [-0.15, -0.1) is 0 Å². The van der Waals surface area contributed by atoms with Crippen LogP contribution >= 0.6 is 7.26 Å². The Hall–Kier alpha value is -4.39. The van der Waals surface area contributed by atoms with Crippen LogP contribution in [-0.2, 0) is 35.5 Å². The molecule has 4 aromatic rings. The van der Waals surface area contributed by atoms with Crippen molar-refractivity contribution in [3.63, 3.8) is 0 Å². The van der Waals surface area contributed by atoms with E-state index in [2.05, 4.69) is 41.7 Å². The molecule has 1 unspecified atom stereocenters. The molecular formula is C38H38N2O5PS+. The smallest absolute Gasteiger partial charge is 0.355 e. The average Bonchev–Trinajstić information content (AvgIpc) is 3.06. The van der Waals surface area contributed by atoms with E-state index >= 15 is 0 Å². The Balaban J connectivity index is 1.60. The third-order valence-electron chi connectivity index (χ3n) is 8.52. The molecule has 47 heavy (non-hydrogen) atoms. The number of rotatable bonds is 8. The number of hydrogen-bond acceptors (Lipinski definition) is 5. The van der Waals surface area contributed by atoms with Gasteiger partial charge in [0.1, 0.15) is 39.8 Å². The second-order valence-electron chi connectivity index (χ2n) is 12.8. The van der Waals surface area contributed by atoms with Crippen LogP contribution in [0.5, 0.6) is 0 Å². The first-order chi connectivity index (χ1) is 22.5. The number of amides is 2. The molecule has 0 spiro atoms. The van der Waals surface area contributed by atoms with Gasteiger partial charge in [0.05, 0.1) is 22.7 Å². The number of nitrogens with one attached hydrogen (secondary N) is 1. The molecule has 0 bridgehead atoms. The highest BCUT2D eigenvalue weighted by Crippen LogP contribution is 2.58. The SMILES string of the molecule is CC(=O)N[C@]1(c2ccccc2)C(=O)N2C(C(=O)OC(C)(C)C)=C(C[P+](c3ccccc3)(c3ccccc3)c3ccccc3)CS(=O)[C@@H]21. The van der Waals surface area contributed by atoms with Crippen molar-refractivity contribution in [2.45, 2.75) is 44.2 Å². The van der Waals surface area contributed by atoms with E-state index in [4.69, 9.17) is 4.74 Å². The van der Waals surface area contributed by atoms with Crippen LogP contribution in [0.4, 0.5) is 0 Å². The fourth-order valence-electron chi connectivity index (χ4n) is 6.73. The number of ether oxygens (including phenoxy) is 1. The molecule has 240 valence electrons. The molecule has 4 aromatic carbocycles. The van der Waals surface area contributed by atoms with E-state index in [9.17, 15) is 18.6 Å². The van der Waals surface area contributed by atoms with Gasteiger partial charge in [-0.3, -0.25) is 18.7 Å². The lowest BCUT2D eigenvalue weighted by molar-refractivity contribution is -0.165. The van der Waals surface area contributed by atoms with Crippen LogP contribution in [0.3, 0.4) is 0 Å². The van der Waals surface area contributed by atoms with Gasteiger partial charge in [-0.25, -0.2) is 4.79 Å². The van der Waals surface area contributed by atoms with Crippen LogP contribution in [0.1, 0.15) is 33.3 Å². The van der Waals surface area contributed by atoms with Crippen molar-refractivity contribution in [3.8, 4) is 0 Å². The molecule has 9 heteroatoms. The van der Waals surface area contributed by atoms with Gasteiger partial charge < -0.3 is 10.1 Å². The molecule has 0 radical (unpaired) electrons. The fraction of sp³-hybridized carbons (Fsp3) is 0.237. The summed E-state index contributed by atoms with van der Waals surface area (Å²) in [5, 5.41) is 5.12. The number of benzene rings is 4. The van der Waals surface area contributed by atoms with E-state index in [-0.39, 0.29) is 11.4 Å². The van der Waals surface area contributed by atoms with Crippen molar-refractivity contribution < 1.29 is 23.3 Å². The maximum Gasteiger partial charge on any atom is 0.355 e. The third-order valence-corrected chi connectivity index (χ3v) is 14.6. The monoisotopic (exact) mass is 665 g/mol. The Morgan fingerprint density at radius 1 is 0.830 bits per heavy atom. The predicted octanol–water partition coefficient (Wildman–Crippen LogP) is 4.54. The van der Waals surface area contributed by atoms with E-state index in [1.165, 1.54) is 11.8 Å². The Morgan fingerprint density at radius 2 is 1.28 bits per heavy atom. The second-order valence-corrected chi connectivity index (χ2v) is 17.8. The summed E-state index contributed by atoms with van der Waals surface area (Å²) in [5.74, 6) is -1.57. The highest BCUT2D eigenvalue weighted by molar-refractivity contribution is 7.96. The van der Waals surface area contributed by atoms with Crippen LogP contribution in [0.2, 0.25) is 0 Å². The maximum atomic E-state index is 14.5. The molecule has 1 saturated heterocycles. The van der Waals surface area contributed by atoms with Crippen molar-refractivity contribution in [3.05, 3.63) is 138 Å². The molecule has 1 N–H and O–H groups in total. The summed E-state index contributed by atoms with van der Waals surface area (Å²) in [6.45, 7) is 6.67. The van der Waals surface area contributed by atoms with E-state index in [0.29, 0.717) is 17.3 Å². The molecule has 2 aliphatic heterocycles. The van der Waals surface area contributed by atoms with Crippen molar-refractivity contribution in [1.82, 2.24) is 10.2 Å². The molecule has 0 aromatic heterocycles. The van der Waals surface area contributed by atoms with E-state index in [1.807, 2.05) is 60.7 Å². The maximum absolute atomic E-state index is 14.5. The zero-order valence-corrected chi connectivity index (χ0v) is 28.6. The Labute approximate surface area is 278 Å². The lowest BCUT2D eigenvalue weighted by atomic mass is 9.79. The first-order valence-corrected chi connectivity index (χ1v) is 18.9. The lowest BCUT2D eigenvalue weighted by Gasteiger charge is -2.57. The molecule has 6 rings (SSSR count). The minimum Gasteiger partial charge on any atom is -0.455 e. The number of hydrogen-bond donors (Lipinski definition) is 1. The van der Waals surface area contributed by atoms with E-state index in [0.717, 1.165) is 15.9 Å². The molecule has 0 saturated carbocycles. The van der Waals surface area contributed by atoms with Gasteiger partial charge in [-0.1, -0.05) is 84.9 Å². The first-order valence-electron chi connectivity index (χ1n) is 15.5. The molecule has 1 fully saturated rings. The zero-order valence-electron chi connectivity index (χ0n) is 26.9. The highest BCUT2D eigenvalue weighted by atomic mass is 32.2. The number of carbonyl (C=O) groups is 3. The summed E-state index contributed by atoms with van der Waals surface area (Å²) >= 11 is 0. The van der Waals surface area contributed by atoms with Gasteiger partial charge >= 0.3 is 5.97 Å². The van der Waals surface area contributed by atoms with Gasteiger partial charge in [-0.05, 0) is 62.7 Å². The Morgan fingerprint density at radius 3 is 1.70 bits per heavy atom. The Bertz CT molecular complexity index is 1760. The molecule has 2 aliphatic rings. The summed E-state index contributed by atoms with van der Waals surface area (Å²) in [6.07, 6.45) is 0.361. The average molecular weight is 666 g/mol. The quantitative estimate of drug-likeness (QED) is 0.170. The number of carbonyl (C=O) groups excluding carboxylic acids is 3. The second kappa shape index (κ2) is 12.7. The van der Waals surface area contributed by atoms with Crippen LogP contribution in [0.25, 0.3) is 0 Å². The van der Waals surface area contributed by atoms with Gasteiger partial charge in [0.15, 0.2) is 5.54 Å². The largest absolute Gasteiger partial charge is 0.455 e. The number of nitrogens with zero attached hydrogens (tertiary/aromatic N) is 1. The van der Waals surface area contributed by atoms with Gasteiger partial charge in [0, 0.05) is 12.5 Å². The van der Waals surface area contributed by atoms with Crippen molar-refractivity contribution in [1.29, 1.82) is 0 Å². The van der Waals surface area contributed by atoms with Crippen LogP contribution in [0.15, 0.2) is 133 Å². The predicted molar refractivity (Wildman–Crippen MR) is 188 cm³/mol. The van der Waals surface area contributed by atoms with Crippen molar-refractivity contribution >= 4 is 51.8 Å². The molecule has 2 amide bonds. The van der Waals surface area contributed by atoms with Crippen LogP contribution < -0.4 is 21.2 Å². The van der Waals surface area contributed by atoms with Gasteiger partial charge in [0.25, 0.3) is 5.91 Å².